The van der Waals surface area contributed by atoms with Crippen LogP contribution in [0.15, 0.2) is 36.7 Å². The molecule has 0 saturated heterocycles. The lowest BCUT2D eigenvalue weighted by atomic mass is 10.00. The Kier molecular flexibility index (Phi) is 4.26. The summed E-state index contributed by atoms with van der Waals surface area (Å²) in [6.45, 7) is 0. The van der Waals surface area contributed by atoms with Gasteiger partial charge < -0.3 is 10.1 Å². The average Bonchev–Trinajstić information content (AvgIpc) is 3.33. The van der Waals surface area contributed by atoms with Gasteiger partial charge in [-0.15, -0.1) is 13.2 Å². The van der Waals surface area contributed by atoms with Crippen molar-refractivity contribution in [2.45, 2.75) is 31.2 Å². The molecule has 1 fully saturated rings. The maximum Gasteiger partial charge on any atom is 0.573 e. The van der Waals surface area contributed by atoms with Crippen LogP contribution >= 0.6 is 0 Å². The van der Waals surface area contributed by atoms with E-state index in [1.165, 1.54) is 12.4 Å². The fourth-order valence-electron chi connectivity index (χ4n) is 3.23. The molecule has 1 N–H and O–H groups in total. The fraction of sp³-hybridized carbons (Fsp3) is 0.333. The van der Waals surface area contributed by atoms with Crippen LogP contribution < -0.4 is 10.1 Å². The Bertz CT molecular complexity index is 981. The Morgan fingerprint density at radius 1 is 1.22 bits per heavy atom. The van der Waals surface area contributed by atoms with E-state index in [-0.39, 0.29) is 5.56 Å². The first kappa shape index (κ1) is 17.7. The number of rotatable bonds is 5. The molecule has 1 aromatic carbocycles. The molecule has 3 aromatic rings. The quantitative estimate of drug-likeness (QED) is 0.681. The molecular formula is C18H16F4N4O. The van der Waals surface area contributed by atoms with Gasteiger partial charge in [-0.2, -0.15) is 5.10 Å². The van der Waals surface area contributed by atoms with E-state index in [2.05, 4.69) is 20.1 Å². The number of alkyl halides is 3. The lowest BCUT2D eigenvalue weighted by molar-refractivity contribution is -0.274. The predicted molar refractivity (Wildman–Crippen MR) is 88.9 cm³/mol. The summed E-state index contributed by atoms with van der Waals surface area (Å²) in [5.74, 6) is -0.951. The third-order valence-corrected chi connectivity index (χ3v) is 4.58. The number of halogens is 4. The molecule has 5 nitrogen and oxygen atoms in total. The summed E-state index contributed by atoms with van der Waals surface area (Å²) in [4.78, 5) is 4.22. The molecule has 4 rings (SSSR count). The molecule has 0 amide bonds. The molecule has 27 heavy (non-hydrogen) atoms. The maximum atomic E-state index is 14.6. The van der Waals surface area contributed by atoms with E-state index in [1.807, 2.05) is 12.1 Å². The monoisotopic (exact) mass is 380 g/mol. The molecular weight excluding hydrogens is 364 g/mol. The van der Waals surface area contributed by atoms with Gasteiger partial charge in [0.1, 0.15) is 17.9 Å². The highest BCUT2D eigenvalue weighted by atomic mass is 19.4. The van der Waals surface area contributed by atoms with Crippen molar-refractivity contribution >= 4 is 5.65 Å². The fourth-order valence-corrected chi connectivity index (χ4v) is 3.23. The number of hydrogen-bond acceptors (Lipinski definition) is 4. The largest absolute Gasteiger partial charge is 0.573 e. The number of nitrogens with zero attached hydrogens (tertiary/aromatic N) is 3. The Hall–Kier alpha value is -2.68. The van der Waals surface area contributed by atoms with Gasteiger partial charge in [0.2, 0.25) is 0 Å². The minimum Gasteiger partial charge on any atom is -0.406 e. The summed E-state index contributed by atoms with van der Waals surface area (Å²) < 4.78 is 57.1. The van der Waals surface area contributed by atoms with E-state index in [0.29, 0.717) is 17.3 Å². The average molecular weight is 380 g/mol. The van der Waals surface area contributed by atoms with Crippen molar-refractivity contribution in [1.29, 1.82) is 0 Å². The zero-order valence-electron chi connectivity index (χ0n) is 14.3. The lowest BCUT2D eigenvalue weighted by Crippen LogP contribution is -2.23. The molecule has 1 saturated carbocycles. The number of benzene rings is 1. The van der Waals surface area contributed by atoms with E-state index < -0.39 is 24.0 Å². The molecule has 2 heterocycles. The summed E-state index contributed by atoms with van der Waals surface area (Å²) in [6, 6.07) is 6.39. The highest BCUT2D eigenvalue weighted by molar-refractivity contribution is 5.47. The normalized spacial score (nSPS) is 15.9. The van der Waals surface area contributed by atoms with Crippen LogP contribution in [0.25, 0.3) is 5.65 Å². The van der Waals surface area contributed by atoms with Gasteiger partial charge in [-0.05, 0) is 49.6 Å². The first-order chi connectivity index (χ1) is 12.9. The van der Waals surface area contributed by atoms with Crippen molar-refractivity contribution in [3.8, 4) is 5.75 Å². The Morgan fingerprint density at radius 3 is 2.63 bits per heavy atom. The van der Waals surface area contributed by atoms with Gasteiger partial charge in [-0.1, -0.05) is 6.07 Å². The van der Waals surface area contributed by atoms with Crippen molar-refractivity contribution in [3.05, 3.63) is 59.3 Å². The second kappa shape index (κ2) is 6.49. The van der Waals surface area contributed by atoms with Gasteiger partial charge in [0, 0.05) is 11.6 Å². The van der Waals surface area contributed by atoms with Crippen molar-refractivity contribution in [3.63, 3.8) is 0 Å². The minimum absolute atomic E-state index is 0.191. The van der Waals surface area contributed by atoms with Crippen LogP contribution in [-0.2, 0) is 0 Å². The van der Waals surface area contributed by atoms with E-state index in [0.717, 1.165) is 30.5 Å². The third-order valence-electron chi connectivity index (χ3n) is 4.58. The van der Waals surface area contributed by atoms with Crippen LogP contribution in [0.2, 0.25) is 0 Å². The van der Waals surface area contributed by atoms with Crippen LogP contribution in [-0.4, -0.2) is 28.0 Å². The molecule has 1 aliphatic rings. The van der Waals surface area contributed by atoms with E-state index in [1.54, 1.807) is 11.6 Å². The standard InChI is InChI=1S/C18H16F4N4O/c1-23-17(13-5-4-12(8-14(13)19)27-18(20,21)22)15-6-11(10-2-3-10)7-16-24-9-25-26(15)16/h4-10,17,23H,2-3H2,1H3. The number of aromatic nitrogens is 3. The molecule has 0 radical (unpaired) electrons. The molecule has 0 aliphatic heterocycles. The Balaban J connectivity index is 1.76. The number of hydrogen-bond donors (Lipinski definition) is 1. The maximum absolute atomic E-state index is 14.6. The third kappa shape index (κ3) is 3.59. The highest BCUT2D eigenvalue weighted by Crippen LogP contribution is 2.41. The second-order valence-corrected chi connectivity index (χ2v) is 6.47. The summed E-state index contributed by atoms with van der Waals surface area (Å²) in [6.07, 6.45) is -1.28. The van der Waals surface area contributed by atoms with E-state index in [9.17, 15) is 17.6 Å². The molecule has 1 unspecified atom stereocenters. The topological polar surface area (TPSA) is 51.5 Å². The molecule has 0 bridgehead atoms. The summed E-state index contributed by atoms with van der Waals surface area (Å²) in [7, 11) is 1.65. The molecule has 1 atom stereocenters. The molecule has 1 aliphatic carbocycles. The van der Waals surface area contributed by atoms with Gasteiger partial charge >= 0.3 is 6.36 Å². The van der Waals surface area contributed by atoms with Crippen LogP contribution in [0, 0.1) is 5.82 Å². The van der Waals surface area contributed by atoms with Gasteiger partial charge in [0.25, 0.3) is 0 Å². The summed E-state index contributed by atoms with van der Waals surface area (Å²) in [5, 5.41) is 7.22. The first-order valence-corrected chi connectivity index (χ1v) is 8.42. The van der Waals surface area contributed by atoms with Crippen molar-refractivity contribution in [2.24, 2.45) is 0 Å². The number of fused-ring (bicyclic) bond motifs is 1. The molecule has 2 aromatic heterocycles. The SMILES string of the molecule is CNC(c1ccc(OC(F)(F)F)cc1F)c1cc(C2CC2)cc2ncnn12. The number of nitrogens with one attached hydrogen (secondary N) is 1. The van der Waals surface area contributed by atoms with Crippen LogP contribution in [0.4, 0.5) is 17.6 Å². The number of ether oxygens (including phenoxy) is 1. The van der Waals surface area contributed by atoms with Crippen molar-refractivity contribution < 1.29 is 22.3 Å². The smallest absolute Gasteiger partial charge is 0.406 e. The van der Waals surface area contributed by atoms with Crippen LogP contribution in [0.5, 0.6) is 5.75 Å². The minimum atomic E-state index is -4.87. The van der Waals surface area contributed by atoms with Gasteiger partial charge in [0.05, 0.1) is 11.7 Å². The van der Waals surface area contributed by atoms with Gasteiger partial charge in [-0.3, -0.25) is 0 Å². The zero-order valence-corrected chi connectivity index (χ0v) is 14.3. The molecule has 9 heteroatoms. The molecule has 0 spiro atoms. The van der Waals surface area contributed by atoms with Gasteiger partial charge in [-0.25, -0.2) is 13.9 Å². The second-order valence-electron chi connectivity index (χ2n) is 6.47. The zero-order chi connectivity index (χ0) is 19.2. The van der Waals surface area contributed by atoms with Crippen molar-refractivity contribution in [1.82, 2.24) is 19.9 Å². The number of pyridine rings is 1. The Labute approximate surface area is 152 Å². The first-order valence-electron chi connectivity index (χ1n) is 8.42. The van der Waals surface area contributed by atoms with Crippen LogP contribution in [0.3, 0.4) is 0 Å². The van der Waals surface area contributed by atoms with E-state index >= 15 is 0 Å². The Morgan fingerprint density at radius 2 is 2.00 bits per heavy atom. The lowest BCUT2D eigenvalue weighted by Gasteiger charge is -2.20. The highest BCUT2D eigenvalue weighted by Gasteiger charge is 2.32. The van der Waals surface area contributed by atoms with Gasteiger partial charge in [0.15, 0.2) is 5.65 Å². The van der Waals surface area contributed by atoms with Crippen molar-refractivity contribution in [2.75, 3.05) is 7.05 Å². The van der Waals surface area contributed by atoms with Crippen LogP contribution in [0.1, 0.15) is 41.6 Å². The summed E-state index contributed by atoms with van der Waals surface area (Å²) in [5.41, 5.74) is 2.60. The predicted octanol–water partition coefficient (Wildman–Crippen LogP) is 3.95. The molecule has 142 valence electrons. The summed E-state index contributed by atoms with van der Waals surface area (Å²) >= 11 is 0. The van der Waals surface area contributed by atoms with E-state index in [4.69, 9.17) is 0 Å².